The van der Waals surface area contributed by atoms with Crippen LogP contribution in [0.4, 0.5) is 5.69 Å². The van der Waals surface area contributed by atoms with E-state index in [4.69, 9.17) is 16.7 Å². The van der Waals surface area contributed by atoms with Crippen molar-refractivity contribution in [2.45, 2.75) is 11.4 Å². The van der Waals surface area contributed by atoms with Crippen LogP contribution in [-0.4, -0.2) is 17.3 Å². The second kappa shape index (κ2) is 7.24. The van der Waals surface area contributed by atoms with Crippen molar-refractivity contribution in [2.75, 3.05) is 6.26 Å². The zero-order valence-corrected chi connectivity index (χ0v) is 12.9. The molecule has 0 saturated carbocycles. The Morgan fingerprint density at radius 2 is 1.95 bits per heavy atom. The minimum atomic E-state index is -1.08. The number of azo groups is 1. The van der Waals surface area contributed by atoms with E-state index in [0.29, 0.717) is 12.2 Å². The van der Waals surface area contributed by atoms with Crippen LogP contribution in [-0.2, 0) is 6.54 Å². The lowest BCUT2D eigenvalue weighted by molar-refractivity contribution is 0.0697. The fraction of sp³-hybridized carbons (Fsp3) is 0.133. The molecule has 6 heteroatoms. The van der Waals surface area contributed by atoms with E-state index in [1.54, 1.807) is 17.8 Å². The molecule has 2 rings (SSSR count). The SMILES string of the molecule is CSc1ccc(CN=Nc2ccc(Cl)c(C(=O)O)c2)cc1. The van der Waals surface area contributed by atoms with Crippen LogP contribution in [0.15, 0.2) is 57.6 Å². The van der Waals surface area contributed by atoms with E-state index in [0.717, 1.165) is 5.56 Å². The Balaban J connectivity index is 2.07. The van der Waals surface area contributed by atoms with E-state index in [9.17, 15) is 4.79 Å². The quantitative estimate of drug-likeness (QED) is 0.619. The highest BCUT2D eigenvalue weighted by molar-refractivity contribution is 7.98. The van der Waals surface area contributed by atoms with Crippen molar-refractivity contribution in [3.8, 4) is 0 Å². The molecule has 108 valence electrons. The van der Waals surface area contributed by atoms with Crippen LogP contribution in [0.25, 0.3) is 0 Å². The monoisotopic (exact) mass is 320 g/mol. The van der Waals surface area contributed by atoms with Crippen molar-refractivity contribution in [2.24, 2.45) is 10.2 Å². The van der Waals surface area contributed by atoms with E-state index in [2.05, 4.69) is 10.2 Å². The molecule has 0 aliphatic heterocycles. The Kier molecular flexibility index (Phi) is 5.36. The number of rotatable bonds is 5. The summed E-state index contributed by atoms with van der Waals surface area (Å²) in [6.45, 7) is 0.444. The van der Waals surface area contributed by atoms with Gasteiger partial charge in [-0.2, -0.15) is 10.2 Å². The number of nitrogens with zero attached hydrogens (tertiary/aromatic N) is 2. The number of carboxylic acid groups (broad SMARTS) is 1. The lowest BCUT2D eigenvalue weighted by Crippen LogP contribution is -1.96. The van der Waals surface area contributed by atoms with E-state index < -0.39 is 5.97 Å². The molecule has 1 N–H and O–H groups in total. The van der Waals surface area contributed by atoms with Gasteiger partial charge in [0.2, 0.25) is 0 Å². The van der Waals surface area contributed by atoms with Gasteiger partial charge in [-0.1, -0.05) is 23.7 Å². The maximum absolute atomic E-state index is 11.0. The molecule has 0 bridgehead atoms. The Bertz CT molecular complexity index is 672. The molecule has 0 aliphatic rings. The Hall–Kier alpha value is -1.85. The smallest absolute Gasteiger partial charge is 0.337 e. The largest absolute Gasteiger partial charge is 0.478 e. The fourth-order valence-corrected chi connectivity index (χ4v) is 2.28. The second-order valence-corrected chi connectivity index (χ2v) is 5.50. The van der Waals surface area contributed by atoms with Crippen LogP contribution in [0.5, 0.6) is 0 Å². The normalized spacial score (nSPS) is 11.0. The van der Waals surface area contributed by atoms with Crippen molar-refractivity contribution < 1.29 is 9.90 Å². The number of carboxylic acids is 1. The third kappa shape index (κ3) is 4.31. The van der Waals surface area contributed by atoms with Gasteiger partial charge in [0.25, 0.3) is 0 Å². The Labute approximate surface area is 131 Å². The maximum atomic E-state index is 11.0. The first-order valence-corrected chi connectivity index (χ1v) is 7.73. The van der Waals surface area contributed by atoms with Gasteiger partial charge in [0.1, 0.15) is 0 Å². The highest BCUT2D eigenvalue weighted by Crippen LogP contribution is 2.23. The van der Waals surface area contributed by atoms with Gasteiger partial charge in [0.15, 0.2) is 0 Å². The summed E-state index contributed by atoms with van der Waals surface area (Å²) in [5, 5.41) is 17.3. The molecule has 0 spiro atoms. The van der Waals surface area contributed by atoms with Gasteiger partial charge < -0.3 is 5.11 Å². The average Bonchev–Trinajstić information content (AvgIpc) is 2.49. The zero-order valence-electron chi connectivity index (χ0n) is 11.3. The van der Waals surface area contributed by atoms with Crippen LogP contribution in [0.1, 0.15) is 15.9 Å². The topological polar surface area (TPSA) is 62.0 Å². The molecular formula is C15H13ClN2O2S. The summed E-state index contributed by atoms with van der Waals surface area (Å²) in [6, 6.07) is 12.6. The second-order valence-electron chi connectivity index (χ2n) is 4.22. The molecule has 2 aromatic rings. The molecule has 0 heterocycles. The van der Waals surface area contributed by atoms with Gasteiger partial charge in [-0.05, 0) is 42.2 Å². The average molecular weight is 321 g/mol. The summed E-state index contributed by atoms with van der Waals surface area (Å²) in [5.41, 5.74) is 1.54. The molecule has 0 saturated heterocycles. The summed E-state index contributed by atoms with van der Waals surface area (Å²) in [6.07, 6.45) is 2.02. The molecule has 0 fully saturated rings. The van der Waals surface area contributed by atoms with Crippen molar-refractivity contribution >= 4 is 35.0 Å². The molecule has 0 aromatic heterocycles. The van der Waals surface area contributed by atoms with Gasteiger partial charge in [-0.15, -0.1) is 11.8 Å². The van der Waals surface area contributed by atoms with Crippen LogP contribution in [0, 0.1) is 0 Å². The first-order valence-electron chi connectivity index (χ1n) is 6.13. The van der Waals surface area contributed by atoms with Gasteiger partial charge in [0.05, 0.1) is 22.8 Å². The number of halogens is 1. The minimum absolute atomic E-state index is 0.0254. The minimum Gasteiger partial charge on any atom is -0.478 e. The molecule has 0 aliphatic carbocycles. The lowest BCUT2D eigenvalue weighted by Gasteiger charge is -2.00. The van der Waals surface area contributed by atoms with Crippen LogP contribution < -0.4 is 0 Å². The number of hydrogen-bond donors (Lipinski definition) is 1. The number of thioether (sulfide) groups is 1. The highest BCUT2D eigenvalue weighted by atomic mass is 35.5. The molecule has 0 atom stereocenters. The molecule has 2 aromatic carbocycles. The molecule has 4 nitrogen and oxygen atoms in total. The number of benzene rings is 2. The molecule has 0 unspecified atom stereocenters. The number of aromatic carboxylic acids is 1. The summed E-state index contributed by atoms with van der Waals surface area (Å²) in [4.78, 5) is 12.2. The summed E-state index contributed by atoms with van der Waals surface area (Å²) in [7, 11) is 0. The number of hydrogen-bond acceptors (Lipinski definition) is 4. The number of carbonyl (C=O) groups is 1. The summed E-state index contributed by atoms with van der Waals surface area (Å²) < 4.78 is 0. The van der Waals surface area contributed by atoms with E-state index in [1.165, 1.54) is 17.0 Å². The molecular weight excluding hydrogens is 308 g/mol. The fourth-order valence-electron chi connectivity index (χ4n) is 1.67. The molecule has 0 radical (unpaired) electrons. The lowest BCUT2D eigenvalue weighted by atomic mass is 10.2. The third-order valence-corrected chi connectivity index (χ3v) is 3.85. The van der Waals surface area contributed by atoms with Crippen molar-refractivity contribution in [1.29, 1.82) is 0 Å². The predicted molar refractivity (Wildman–Crippen MR) is 84.9 cm³/mol. The summed E-state index contributed by atoms with van der Waals surface area (Å²) in [5.74, 6) is -1.08. The van der Waals surface area contributed by atoms with Gasteiger partial charge in [-0.25, -0.2) is 4.79 Å². The third-order valence-electron chi connectivity index (χ3n) is 2.78. The van der Waals surface area contributed by atoms with E-state index in [-0.39, 0.29) is 10.6 Å². The van der Waals surface area contributed by atoms with Crippen LogP contribution in [0.3, 0.4) is 0 Å². The van der Waals surface area contributed by atoms with E-state index >= 15 is 0 Å². The van der Waals surface area contributed by atoms with Crippen LogP contribution in [0.2, 0.25) is 5.02 Å². The van der Waals surface area contributed by atoms with Gasteiger partial charge in [-0.3, -0.25) is 0 Å². The molecule has 21 heavy (non-hydrogen) atoms. The Morgan fingerprint density at radius 3 is 2.57 bits per heavy atom. The predicted octanol–water partition coefficient (Wildman–Crippen LogP) is 5.04. The first-order chi connectivity index (χ1) is 10.1. The molecule has 0 amide bonds. The van der Waals surface area contributed by atoms with E-state index in [1.807, 2.05) is 30.5 Å². The first kappa shape index (κ1) is 15.5. The van der Waals surface area contributed by atoms with Crippen molar-refractivity contribution in [3.63, 3.8) is 0 Å². The van der Waals surface area contributed by atoms with Crippen LogP contribution >= 0.6 is 23.4 Å². The van der Waals surface area contributed by atoms with Crippen molar-refractivity contribution in [1.82, 2.24) is 0 Å². The zero-order chi connectivity index (χ0) is 15.2. The van der Waals surface area contributed by atoms with Gasteiger partial charge in [0, 0.05) is 4.90 Å². The standard InChI is InChI=1S/C15H13ClN2O2S/c1-21-12-5-2-10(3-6-12)9-17-18-11-4-7-14(16)13(8-11)15(19)20/h2-8H,9H2,1H3,(H,19,20). The van der Waals surface area contributed by atoms with Crippen molar-refractivity contribution in [3.05, 3.63) is 58.6 Å². The Morgan fingerprint density at radius 1 is 1.24 bits per heavy atom. The highest BCUT2D eigenvalue weighted by Gasteiger charge is 2.08. The van der Waals surface area contributed by atoms with Gasteiger partial charge >= 0.3 is 5.97 Å². The summed E-state index contributed by atoms with van der Waals surface area (Å²) >= 11 is 7.48. The maximum Gasteiger partial charge on any atom is 0.337 e.